The average molecular weight is 568 g/mol. The number of rotatable bonds is 7. The van der Waals surface area contributed by atoms with Crippen molar-refractivity contribution in [3.05, 3.63) is 46.0 Å². The Morgan fingerprint density at radius 3 is 2.89 bits per heavy atom. The standard InChI is InChI=1S/C21H16F2N6O5S3/c1-8-5-9-3-2-4-28(17(9)37-8)18-14(19(32)33)29-11(7-35-18)13(16(29)31)26-15(30)12(27-34-20(22)23)10-6-36-21(24)25-10/h2-6,11,13,20H,7H2,1H3,(H3-,24,25,26,30,32,33)/p+1. The monoisotopic (exact) mass is 567 g/mol. The Bertz CT molecular complexity index is 1500. The molecule has 2 atom stereocenters. The van der Waals surface area contributed by atoms with E-state index in [9.17, 15) is 28.3 Å². The fraction of sp³-hybridized carbons (Fsp3) is 0.238. The number of amides is 2. The van der Waals surface area contributed by atoms with E-state index in [1.807, 2.05) is 19.1 Å². The lowest BCUT2D eigenvalue weighted by atomic mass is 9.94. The quantitative estimate of drug-likeness (QED) is 0.169. The highest BCUT2D eigenvalue weighted by Crippen LogP contribution is 2.40. The van der Waals surface area contributed by atoms with Crippen LogP contribution in [0.2, 0.25) is 0 Å². The van der Waals surface area contributed by atoms with Crippen LogP contribution < -0.4 is 15.6 Å². The summed E-state index contributed by atoms with van der Waals surface area (Å²) in [5.74, 6) is -2.67. The molecule has 2 unspecified atom stereocenters. The van der Waals surface area contributed by atoms with Gasteiger partial charge in [-0.25, -0.2) is 9.78 Å². The predicted molar refractivity (Wildman–Crippen MR) is 133 cm³/mol. The molecule has 16 heteroatoms. The molecular formula is C21H17F2N6O5S3+. The summed E-state index contributed by atoms with van der Waals surface area (Å²) in [7, 11) is 0. The maximum atomic E-state index is 13.1. The first kappa shape index (κ1) is 25.0. The molecular weight excluding hydrogens is 550 g/mol. The Hall–Kier alpha value is -3.63. The van der Waals surface area contributed by atoms with Gasteiger partial charge in [-0.1, -0.05) is 28.3 Å². The number of thiazole rings is 1. The second-order valence-corrected chi connectivity index (χ2v) is 11.0. The molecule has 192 valence electrons. The molecule has 1 fully saturated rings. The third kappa shape index (κ3) is 4.51. The highest BCUT2D eigenvalue weighted by Gasteiger charge is 2.56. The lowest BCUT2D eigenvalue weighted by molar-refractivity contribution is -0.542. The molecule has 2 aliphatic heterocycles. The number of aliphatic carboxylic acids is 1. The molecule has 5 rings (SSSR count). The highest BCUT2D eigenvalue weighted by molar-refractivity contribution is 8.07. The number of hydrogen-bond donors (Lipinski definition) is 3. The molecule has 2 amide bonds. The van der Waals surface area contributed by atoms with Crippen molar-refractivity contribution in [2.24, 2.45) is 5.16 Å². The van der Waals surface area contributed by atoms with E-state index < -0.39 is 42.2 Å². The number of fused-ring (bicyclic) bond motifs is 2. The first-order valence-corrected chi connectivity index (χ1v) is 13.2. The summed E-state index contributed by atoms with van der Waals surface area (Å²) in [6.07, 6.45) is 1.73. The molecule has 0 aromatic carbocycles. The van der Waals surface area contributed by atoms with E-state index in [1.54, 1.807) is 16.8 Å². The minimum Gasteiger partial charge on any atom is -0.476 e. The lowest BCUT2D eigenvalue weighted by Gasteiger charge is -2.48. The van der Waals surface area contributed by atoms with Crippen molar-refractivity contribution >= 4 is 78.3 Å². The third-order valence-electron chi connectivity index (χ3n) is 5.56. The summed E-state index contributed by atoms with van der Waals surface area (Å²) in [5.41, 5.74) is 4.67. The first-order chi connectivity index (χ1) is 17.7. The number of oxime groups is 1. The molecule has 3 aromatic rings. The fourth-order valence-corrected chi connectivity index (χ4v) is 6.93. The van der Waals surface area contributed by atoms with Gasteiger partial charge in [0.2, 0.25) is 5.70 Å². The van der Waals surface area contributed by atoms with Crippen LogP contribution in [0.3, 0.4) is 0 Å². The minimum absolute atomic E-state index is 0.0688. The van der Waals surface area contributed by atoms with Gasteiger partial charge >= 0.3 is 12.6 Å². The molecule has 3 aromatic heterocycles. The number of carbonyl (C=O) groups excluding carboxylic acids is 2. The van der Waals surface area contributed by atoms with Gasteiger partial charge in [0.15, 0.2) is 17.0 Å². The molecule has 0 aliphatic carbocycles. The number of carbonyl (C=O) groups is 3. The van der Waals surface area contributed by atoms with Crippen LogP contribution in [-0.4, -0.2) is 62.9 Å². The number of aromatic nitrogens is 2. The maximum Gasteiger partial charge on any atom is 0.407 e. The van der Waals surface area contributed by atoms with E-state index in [0.717, 1.165) is 31.3 Å². The molecule has 0 bridgehead atoms. The van der Waals surface area contributed by atoms with Crippen LogP contribution in [0.1, 0.15) is 10.6 Å². The molecule has 37 heavy (non-hydrogen) atoms. The minimum atomic E-state index is -3.29. The van der Waals surface area contributed by atoms with Gasteiger partial charge in [0.1, 0.15) is 11.7 Å². The number of thioether (sulfide) groups is 1. The molecule has 0 saturated carbocycles. The molecule has 4 N–H and O–H groups in total. The molecule has 11 nitrogen and oxygen atoms in total. The van der Waals surface area contributed by atoms with Gasteiger partial charge in [-0.2, -0.15) is 8.78 Å². The van der Waals surface area contributed by atoms with Crippen molar-refractivity contribution in [1.82, 2.24) is 15.2 Å². The lowest BCUT2D eigenvalue weighted by Crippen LogP contribution is -2.73. The smallest absolute Gasteiger partial charge is 0.407 e. The van der Waals surface area contributed by atoms with Crippen LogP contribution in [0.5, 0.6) is 0 Å². The van der Waals surface area contributed by atoms with Crippen LogP contribution in [0.4, 0.5) is 13.9 Å². The maximum absolute atomic E-state index is 13.1. The second-order valence-electron chi connectivity index (χ2n) is 7.87. The number of β-lactam (4-membered cyclic amide) rings is 1. The van der Waals surface area contributed by atoms with Crippen LogP contribution in [0, 0.1) is 6.92 Å². The summed E-state index contributed by atoms with van der Waals surface area (Å²) in [4.78, 5) is 49.1. The summed E-state index contributed by atoms with van der Waals surface area (Å²) in [6, 6.07) is 3.91. The fourth-order valence-electron chi connectivity index (χ4n) is 4.06. The Morgan fingerprint density at radius 1 is 1.43 bits per heavy atom. The average Bonchev–Trinajstić information content (AvgIpc) is 3.45. The second kappa shape index (κ2) is 9.68. The van der Waals surface area contributed by atoms with Crippen molar-refractivity contribution in [2.45, 2.75) is 25.6 Å². The number of halogens is 2. The van der Waals surface area contributed by atoms with Crippen molar-refractivity contribution < 1.29 is 37.7 Å². The Morgan fingerprint density at radius 2 is 2.22 bits per heavy atom. The Balaban J connectivity index is 1.43. The van der Waals surface area contributed by atoms with E-state index in [4.69, 9.17) is 5.73 Å². The number of nitrogens with zero attached hydrogens (tertiary/aromatic N) is 4. The number of nitrogens with one attached hydrogen (secondary N) is 1. The molecule has 5 heterocycles. The van der Waals surface area contributed by atoms with Crippen LogP contribution in [0.15, 0.2) is 40.6 Å². The molecule has 0 radical (unpaired) electrons. The van der Waals surface area contributed by atoms with E-state index >= 15 is 0 Å². The van der Waals surface area contributed by atoms with Gasteiger partial charge in [-0.3, -0.25) is 14.5 Å². The van der Waals surface area contributed by atoms with E-state index in [-0.39, 0.29) is 22.3 Å². The Kier molecular flexibility index (Phi) is 6.55. The zero-order chi connectivity index (χ0) is 26.4. The Labute approximate surface area is 219 Å². The topological polar surface area (TPSA) is 151 Å². The number of nitrogens with two attached hydrogens (primary N) is 1. The number of carboxylic acids is 1. The van der Waals surface area contributed by atoms with Gasteiger partial charge in [-0.05, 0) is 19.1 Å². The van der Waals surface area contributed by atoms with Crippen LogP contribution in [-0.2, 0) is 19.2 Å². The molecule has 0 spiro atoms. The van der Waals surface area contributed by atoms with Crippen molar-refractivity contribution in [3.63, 3.8) is 0 Å². The van der Waals surface area contributed by atoms with Gasteiger partial charge in [0.05, 0.1) is 11.4 Å². The van der Waals surface area contributed by atoms with Gasteiger partial charge < -0.3 is 21.0 Å². The van der Waals surface area contributed by atoms with E-state index in [1.165, 1.54) is 28.5 Å². The normalized spacial score (nSPS) is 19.7. The summed E-state index contributed by atoms with van der Waals surface area (Å²) >= 11 is 3.69. The van der Waals surface area contributed by atoms with Crippen molar-refractivity contribution in [1.29, 1.82) is 0 Å². The van der Waals surface area contributed by atoms with Gasteiger partial charge in [0, 0.05) is 22.1 Å². The third-order valence-corrected chi connectivity index (χ3v) is 8.47. The first-order valence-electron chi connectivity index (χ1n) is 10.5. The zero-order valence-electron chi connectivity index (χ0n) is 18.8. The number of aryl methyl sites for hydroxylation is 1. The SMILES string of the molecule is Cc1cc2ccc[n+](C3=C(C(=O)O)N4C(=O)C(NC(=O)C(=NOC(F)F)c5csc(N)n5)C4CS3)c2s1. The number of hydrogen-bond acceptors (Lipinski definition) is 10. The molecule has 1 saturated heterocycles. The highest BCUT2D eigenvalue weighted by atomic mass is 32.2. The summed E-state index contributed by atoms with van der Waals surface area (Å²) < 4.78 is 26.9. The van der Waals surface area contributed by atoms with E-state index in [0.29, 0.717) is 5.03 Å². The number of pyridine rings is 1. The van der Waals surface area contributed by atoms with Crippen LogP contribution in [0.25, 0.3) is 15.2 Å². The summed E-state index contributed by atoms with van der Waals surface area (Å²) in [6.45, 7) is -1.34. The number of alkyl halides is 2. The number of thiophene rings is 1. The van der Waals surface area contributed by atoms with Gasteiger partial charge in [-0.15, -0.1) is 15.9 Å². The largest absolute Gasteiger partial charge is 0.476 e. The van der Waals surface area contributed by atoms with Crippen molar-refractivity contribution in [2.75, 3.05) is 11.5 Å². The number of carboxylic acid groups (broad SMARTS) is 1. The predicted octanol–water partition coefficient (Wildman–Crippen LogP) is 1.83. The van der Waals surface area contributed by atoms with Crippen LogP contribution >= 0.6 is 34.4 Å². The number of anilines is 1. The van der Waals surface area contributed by atoms with Crippen molar-refractivity contribution in [3.8, 4) is 0 Å². The summed E-state index contributed by atoms with van der Waals surface area (Å²) in [5, 5.41) is 18.4. The van der Waals surface area contributed by atoms with Gasteiger partial charge in [0.25, 0.3) is 21.7 Å². The van der Waals surface area contributed by atoms with E-state index in [2.05, 4.69) is 20.3 Å². The number of nitrogen functional groups attached to an aromatic ring is 1. The molecule has 2 aliphatic rings. The zero-order valence-corrected chi connectivity index (χ0v) is 21.2.